The van der Waals surface area contributed by atoms with Gasteiger partial charge in [0.05, 0.1) is 19.2 Å². The van der Waals surface area contributed by atoms with Crippen LogP contribution in [0.1, 0.15) is 25.0 Å². The molecule has 0 aromatic heterocycles. The smallest absolute Gasteiger partial charge is 0.246 e. The van der Waals surface area contributed by atoms with Crippen LogP contribution in [0.2, 0.25) is 5.02 Å². The lowest BCUT2D eigenvalue weighted by atomic mass is 10.1. The minimum atomic E-state index is -0.233. The Labute approximate surface area is 188 Å². The van der Waals surface area contributed by atoms with Crippen molar-refractivity contribution in [3.63, 3.8) is 0 Å². The highest BCUT2D eigenvalue weighted by molar-refractivity contribution is 6.32. The minimum Gasteiger partial charge on any atom is -0.493 e. The maximum atomic E-state index is 13.2. The molecule has 0 bridgehead atoms. The molecule has 166 valence electrons. The highest BCUT2D eigenvalue weighted by Crippen LogP contribution is 2.36. The Morgan fingerprint density at radius 3 is 2.48 bits per heavy atom. The molecule has 0 unspecified atom stereocenters. The van der Waals surface area contributed by atoms with Gasteiger partial charge in [-0.2, -0.15) is 0 Å². The molecule has 0 N–H and O–H groups in total. The van der Waals surface area contributed by atoms with E-state index in [9.17, 15) is 9.18 Å². The standard InChI is InChI=1S/C24H28ClFN2O3/c1-16-14-28(17(2)13-27(16)15-18-5-8-20(26)9-6-18)23(29)10-7-19-11-21(25)24(31-4)22(12-19)30-3/h5-12,16-17H,13-15H2,1-4H3/t16-,17+/m1/s1. The number of benzene rings is 2. The molecular weight excluding hydrogens is 419 g/mol. The first kappa shape index (κ1) is 23.1. The zero-order valence-corrected chi connectivity index (χ0v) is 19.0. The van der Waals surface area contributed by atoms with Crippen LogP contribution in [0.25, 0.3) is 6.08 Å². The summed E-state index contributed by atoms with van der Waals surface area (Å²) in [6.45, 7) is 6.25. The lowest BCUT2D eigenvalue weighted by Gasteiger charge is -2.44. The van der Waals surface area contributed by atoms with E-state index in [4.69, 9.17) is 21.1 Å². The van der Waals surface area contributed by atoms with Crippen molar-refractivity contribution < 1.29 is 18.7 Å². The second kappa shape index (κ2) is 10.2. The molecule has 0 saturated carbocycles. The Hall–Kier alpha value is -2.57. The molecule has 1 amide bonds. The van der Waals surface area contributed by atoms with Crippen LogP contribution in [-0.2, 0) is 11.3 Å². The van der Waals surface area contributed by atoms with E-state index < -0.39 is 0 Å². The molecule has 31 heavy (non-hydrogen) atoms. The Kier molecular flexibility index (Phi) is 7.57. The zero-order valence-electron chi connectivity index (χ0n) is 18.3. The normalized spacial score (nSPS) is 19.6. The lowest BCUT2D eigenvalue weighted by molar-refractivity contribution is -0.131. The molecule has 0 radical (unpaired) electrons. The molecule has 5 nitrogen and oxygen atoms in total. The monoisotopic (exact) mass is 446 g/mol. The van der Waals surface area contributed by atoms with Gasteiger partial charge < -0.3 is 14.4 Å². The SMILES string of the molecule is COc1cc(C=CC(=O)N2C[C@@H](C)N(Cc3ccc(F)cc3)C[C@@H]2C)cc(Cl)c1OC. The predicted molar refractivity (Wildman–Crippen MR) is 121 cm³/mol. The maximum Gasteiger partial charge on any atom is 0.246 e. The number of methoxy groups -OCH3 is 2. The second-order valence-corrected chi connectivity index (χ2v) is 8.22. The summed E-state index contributed by atoms with van der Waals surface area (Å²) >= 11 is 6.25. The molecule has 1 aliphatic heterocycles. The maximum absolute atomic E-state index is 13.2. The van der Waals surface area contributed by atoms with Crippen LogP contribution in [-0.4, -0.2) is 55.1 Å². The van der Waals surface area contributed by atoms with Gasteiger partial charge in [0.2, 0.25) is 5.91 Å². The van der Waals surface area contributed by atoms with Gasteiger partial charge in [-0.05, 0) is 55.3 Å². The van der Waals surface area contributed by atoms with Gasteiger partial charge in [0.25, 0.3) is 0 Å². The zero-order chi connectivity index (χ0) is 22.5. The lowest BCUT2D eigenvalue weighted by Crippen LogP contribution is -2.57. The number of hydrogen-bond acceptors (Lipinski definition) is 4. The fourth-order valence-corrected chi connectivity index (χ4v) is 4.14. The summed E-state index contributed by atoms with van der Waals surface area (Å²) < 4.78 is 23.7. The fourth-order valence-electron chi connectivity index (χ4n) is 3.85. The average molecular weight is 447 g/mol. The van der Waals surface area contributed by atoms with E-state index >= 15 is 0 Å². The van der Waals surface area contributed by atoms with E-state index in [0.717, 1.165) is 24.2 Å². The topological polar surface area (TPSA) is 42.0 Å². The average Bonchev–Trinajstić information content (AvgIpc) is 2.75. The molecule has 0 spiro atoms. The number of carbonyl (C=O) groups is 1. The molecule has 1 aliphatic rings. The van der Waals surface area contributed by atoms with Crippen LogP contribution >= 0.6 is 11.6 Å². The summed E-state index contributed by atoms with van der Waals surface area (Å²) in [5.74, 6) is 0.695. The van der Waals surface area contributed by atoms with Crippen molar-refractivity contribution in [1.82, 2.24) is 9.80 Å². The van der Waals surface area contributed by atoms with Crippen LogP contribution in [0.3, 0.4) is 0 Å². The van der Waals surface area contributed by atoms with E-state index in [2.05, 4.69) is 11.8 Å². The summed E-state index contributed by atoms with van der Waals surface area (Å²) in [4.78, 5) is 17.1. The molecule has 1 saturated heterocycles. The van der Waals surface area contributed by atoms with Crippen LogP contribution in [0, 0.1) is 5.82 Å². The minimum absolute atomic E-state index is 0.0494. The van der Waals surface area contributed by atoms with Crippen LogP contribution < -0.4 is 9.47 Å². The van der Waals surface area contributed by atoms with Crippen LogP contribution in [0.15, 0.2) is 42.5 Å². The second-order valence-electron chi connectivity index (χ2n) is 7.82. The number of carbonyl (C=O) groups excluding carboxylic acids is 1. The van der Waals surface area contributed by atoms with Gasteiger partial charge in [0.1, 0.15) is 5.82 Å². The van der Waals surface area contributed by atoms with E-state index in [-0.39, 0.29) is 23.8 Å². The number of nitrogens with zero attached hydrogens (tertiary/aromatic N) is 2. The van der Waals surface area contributed by atoms with Crippen molar-refractivity contribution in [2.45, 2.75) is 32.5 Å². The predicted octanol–water partition coefficient (Wildman–Crippen LogP) is 4.63. The van der Waals surface area contributed by atoms with Crippen molar-refractivity contribution in [1.29, 1.82) is 0 Å². The van der Waals surface area contributed by atoms with Crippen molar-refractivity contribution in [2.75, 3.05) is 27.3 Å². The van der Waals surface area contributed by atoms with Crippen molar-refractivity contribution in [2.24, 2.45) is 0 Å². The van der Waals surface area contributed by atoms with Gasteiger partial charge in [-0.3, -0.25) is 9.69 Å². The summed E-state index contributed by atoms with van der Waals surface area (Å²) in [6, 6.07) is 10.3. The van der Waals surface area contributed by atoms with E-state index in [1.807, 2.05) is 11.8 Å². The van der Waals surface area contributed by atoms with Crippen molar-refractivity contribution in [3.8, 4) is 11.5 Å². The number of rotatable bonds is 6. The summed E-state index contributed by atoms with van der Waals surface area (Å²) in [5, 5.41) is 0.422. The third-order valence-electron chi connectivity index (χ3n) is 5.57. The van der Waals surface area contributed by atoms with Gasteiger partial charge in [0, 0.05) is 37.8 Å². The Balaban J connectivity index is 1.66. The molecule has 2 atom stereocenters. The van der Waals surface area contributed by atoms with Gasteiger partial charge >= 0.3 is 0 Å². The van der Waals surface area contributed by atoms with Crippen molar-refractivity contribution >= 4 is 23.6 Å². The number of ether oxygens (including phenoxy) is 2. The largest absolute Gasteiger partial charge is 0.493 e. The molecule has 2 aromatic rings. The Bertz CT molecular complexity index is 949. The van der Waals surface area contributed by atoms with Gasteiger partial charge in [-0.25, -0.2) is 4.39 Å². The van der Waals surface area contributed by atoms with Gasteiger partial charge in [-0.1, -0.05) is 23.7 Å². The van der Waals surface area contributed by atoms with E-state index in [1.54, 1.807) is 43.5 Å². The first-order valence-electron chi connectivity index (χ1n) is 10.2. The number of hydrogen-bond donors (Lipinski definition) is 0. The highest BCUT2D eigenvalue weighted by Gasteiger charge is 2.31. The highest BCUT2D eigenvalue weighted by atomic mass is 35.5. The summed E-state index contributed by atoms with van der Waals surface area (Å²) in [5.41, 5.74) is 1.82. The quantitative estimate of drug-likeness (QED) is 0.607. The Morgan fingerprint density at radius 1 is 1.13 bits per heavy atom. The van der Waals surface area contributed by atoms with Crippen LogP contribution in [0.5, 0.6) is 11.5 Å². The van der Waals surface area contributed by atoms with Gasteiger partial charge in [-0.15, -0.1) is 0 Å². The summed E-state index contributed by atoms with van der Waals surface area (Å²) in [6.07, 6.45) is 3.30. The number of amides is 1. The molecule has 1 fully saturated rings. The fraction of sp³-hybridized carbons (Fsp3) is 0.375. The Morgan fingerprint density at radius 2 is 1.84 bits per heavy atom. The van der Waals surface area contributed by atoms with Crippen LogP contribution in [0.4, 0.5) is 4.39 Å². The summed E-state index contributed by atoms with van der Waals surface area (Å²) in [7, 11) is 3.07. The third-order valence-corrected chi connectivity index (χ3v) is 5.85. The van der Waals surface area contributed by atoms with Crippen molar-refractivity contribution in [3.05, 3.63) is 64.4 Å². The molecule has 2 aromatic carbocycles. The molecule has 1 heterocycles. The molecule has 3 rings (SSSR count). The first-order chi connectivity index (χ1) is 14.8. The van der Waals surface area contributed by atoms with Gasteiger partial charge in [0.15, 0.2) is 11.5 Å². The number of piperazine rings is 1. The third kappa shape index (κ3) is 5.57. The first-order valence-corrected chi connectivity index (χ1v) is 10.6. The molecule has 7 heteroatoms. The number of halogens is 2. The molecule has 0 aliphatic carbocycles. The molecular formula is C24H28ClFN2O3. The van der Waals surface area contributed by atoms with E-state index in [1.165, 1.54) is 19.2 Å². The van der Waals surface area contributed by atoms with E-state index in [0.29, 0.717) is 23.1 Å².